The maximum absolute atomic E-state index is 10.7. The van der Waals surface area contributed by atoms with Gasteiger partial charge in [-0.05, 0) is 23.3 Å². The van der Waals surface area contributed by atoms with Gasteiger partial charge >= 0.3 is 18.2 Å². The third-order valence-corrected chi connectivity index (χ3v) is 4.81. The maximum atomic E-state index is 10.7. The molecule has 0 spiro atoms. The zero-order chi connectivity index (χ0) is 20.0. The van der Waals surface area contributed by atoms with E-state index in [0.717, 1.165) is 11.1 Å². The van der Waals surface area contributed by atoms with Crippen LogP contribution >= 0.6 is 0 Å². The highest BCUT2D eigenvalue weighted by Gasteiger charge is 2.40. The van der Waals surface area contributed by atoms with Crippen molar-refractivity contribution in [2.75, 3.05) is 19.6 Å². The van der Waals surface area contributed by atoms with Crippen molar-refractivity contribution in [3.8, 4) is 6.19 Å². The molecule has 144 valence electrons. The largest absolute Gasteiger partial charge is 0.465 e. The number of amides is 1. The van der Waals surface area contributed by atoms with E-state index in [9.17, 15) is 10.1 Å². The number of carboxylic acid groups (broad SMARTS) is 1. The minimum absolute atomic E-state index is 0.00875. The van der Waals surface area contributed by atoms with Crippen molar-refractivity contribution in [3.05, 3.63) is 65.7 Å². The van der Waals surface area contributed by atoms with Crippen LogP contribution in [0.25, 0.3) is 0 Å². The zero-order valence-corrected chi connectivity index (χ0v) is 15.4. The maximum Gasteiger partial charge on any atom is 0.404 e. The van der Waals surface area contributed by atoms with Crippen LogP contribution in [0.4, 0.5) is 10.5 Å². The first kappa shape index (κ1) is 19.4. The van der Waals surface area contributed by atoms with Gasteiger partial charge in [0.1, 0.15) is 13.1 Å². The summed E-state index contributed by atoms with van der Waals surface area (Å²) < 4.78 is -0.0653. The molecule has 0 bridgehead atoms. The molecular formula is C20H23N6O2+. The molecule has 3 rings (SSSR count). The highest BCUT2D eigenvalue weighted by molar-refractivity contribution is 5.76. The number of carbonyl (C=O) groups is 1. The van der Waals surface area contributed by atoms with Gasteiger partial charge in [0.05, 0.1) is 11.7 Å². The standard InChI is InChI=1S/C20H22N6O2/c21-14-26(10-9-23-18(13-26)16-6-2-1-3-7-16)19(22)25-17-8-4-5-15(11-17)12-24-20(27)28/h1-8,11,18,23-24H,9-10,12-13H2,(H2-,22,25,27,28)/p+1. The predicted octanol–water partition coefficient (Wildman–Crippen LogP) is 2.04. The summed E-state index contributed by atoms with van der Waals surface area (Å²) in [5, 5.41) is 24.4. The summed E-state index contributed by atoms with van der Waals surface area (Å²) in [6.07, 6.45) is 1.26. The molecule has 1 aliphatic heterocycles. The van der Waals surface area contributed by atoms with Crippen molar-refractivity contribution < 1.29 is 14.4 Å². The van der Waals surface area contributed by atoms with E-state index in [2.05, 4.69) is 21.8 Å². The molecule has 8 heteroatoms. The van der Waals surface area contributed by atoms with Crippen molar-refractivity contribution >= 4 is 17.7 Å². The number of hydrogen-bond acceptors (Lipinski definition) is 4. The average molecular weight is 379 g/mol. The van der Waals surface area contributed by atoms with Crippen LogP contribution in [-0.2, 0) is 6.54 Å². The summed E-state index contributed by atoms with van der Waals surface area (Å²) in [5.41, 5.74) is 8.76. The average Bonchev–Trinajstić information content (AvgIpc) is 2.73. The molecule has 0 aliphatic carbocycles. The van der Waals surface area contributed by atoms with E-state index in [0.29, 0.717) is 25.3 Å². The third kappa shape index (κ3) is 4.46. The van der Waals surface area contributed by atoms with Crippen LogP contribution in [0.15, 0.2) is 59.6 Å². The van der Waals surface area contributed by atoms with Crippen LogP contribution in [-0.4, -0.2) is 41.3 Å². The molecule has 2 aromatic rings. The fourth-order valence-electron chi connectivity index (χ4n) is 3.30. The summed E-state index contributed by atoms with van der Waals surface area (Å²) in [7, 11) is 0. The van der Waals surface area contributed by atoms with Gasteiger partial charge in [-0.3, -0.25) is 5.32 Å². The SMILES string of the molecule is N#C[N+]1(C(N)=Nc2cccc(CNC(=O)O)c2)CCNC(c2ccccc2)C1. The van der Waals surface area contributed by atoms with Gasteiger partial charge in [0.2, 0.25) is 0 Å². The Labute approximate surface area is 163 Å². The highest BCUT2D eigenvalue weighted by atomic mass is 16.4. The van der Waals surface area contributed by atoms with Crippen LogP contribution in [0.3, 0.4) is 0 Å². The topological polar surface area (TPSA) is 124 Å². The molecule has 2 atom stereocenters. The van der Waals surface area contributed by atoms with Gasteiger partial charge in [0.15, 0.2) is 0 Å². The van der Waals surface area contributed by atoms with E-state index >= 15 is 0 Å². The van der Waals surface area contributed by atoms with Gasteiger partial charge in [-0.15, -0.1) is 5.26 Å². The second-order valence-electron chi connectivity index (χ2n) is 6.69. The van der Waals surface area contributed by atoms with E-state index < -0.39 is 6.09 Å². The molecule has 2 aromatic carbocycles. The Bertz CT molecular complexity index is 908. The summed E-state index contributed by atoms with van der Waals surface area (Å²) in [6.45, 7) is 1.83. The quantitative estimate of drug-likeness (QED) is 0.280. The number of nitrogens with two attached hydrogens (primary N) is 1. The van der Waals surface area contributed by atoms with Crippen LogP contribution in [0.2, 0.25) is 0 Å². The molecule has 8 nitrogen and oxygen atoms in total. The Balaban J connectivity index is 1.82. The van der Waals surface area contributed by atoms with Crippen molar-refractivity contribution in [1.29, 1.82) is 5.26 Å². The number of nitrogens with zero attached hydrogens (tertiary/aromatic N) is 3. The first-order valence-corrected chi connectivity index (χ1v) is 9.00. The van der Waals surface area contributed by atoms with Gasteiger partial charge in [0.25, 0.3) is 0 Å². The van der Waals surface area contributed by atoms with E-state index in [4.69, 9.17) is 10.8 Å². The molecule has 28 heavy (non-hydrogen) atoms. The van der Waals surface area contributed by atoms with Crippen LogP contribution < -0.4 is 16.4 Å². The van der Waals surface area contributed by atoms with E-state index in [-0.39, 0.29) is 23.0 Å². The van der Waals surface area contributed by atoms with Crippen molar-refractivity contribution in [2.24, 2.45) is 10.7 Å². The summed E-state index contributed by atoms with van der Waals surface area (Å²) in [6, 6.07) is 17.1. The van der Waals surface area contributed by atoms with Gasteiger partial charge in [-0.2, -0.15) is 9.48 Å². The monoisotopic (exact) mass is 379 g/mol. The fourth-order valence-corrected chi connectivity index (χ4v) is 3.30. The molecular weight excluding hydrogens is 356 g/mol. The van der Waals surface area contributed by atoms with Gasteiger partial charge in [-0.25, -0.2) is 4.79 Å². The van der Waals surface area contributed by atoms with Crippen LogP contribution in [0.1, 0.15) is 17.2 Å². The number of guanidine groups is 1. The molecule has 2 unspecified atom stereocenters. The van der Waals surface area contributed by atoms with Gasteiger partial charge in [-0.1, -0.05) is 42.5 Å². The lowest BCUT2D eigenvalue weighted by atomic mass is 10.0. The molecule has 0 radical (unpaired) electrons. The zero-order valence-electron chi connectivity index (χ0n) is 15.4. The fraction of sp³-hybridized carbons (Fsp3) is 0.250. The lowest BCUT2D eigenvalue weighted by Crippen LogP contribution is -2.62. The Morgan fingerprint density at radius 2 is 2.11 bits per heavy atom. The van der Waals surface area contributed by atoms with Gasteiger partial charge in [0, 0.05) is 13.1 Å². The highest BCUT2D eigenvalue weighted by Crippen LogP contribution is 2.23. The second kappa shape index (κ2) is 8.52. The number of rotatable bonds is 4. The second-order valence-corrected chi connectivity index (χ2v) is 6.69. The van der Waals surface area contributed by atoms with E-state index in [1.54, 1.807) is 24.3 Å². The number of nitrogens with one attached hydrogen (secondary N) is 2. The summed E-state index contributed by atoms with van der Waals surface area (Å²) >= 11 is 0. The lowest BCUT2D eigenvalue weighted by molar-refractivity contribution is -0.782. The third-order valence-electron chi connectivity index (χ3n) is 4.81. The van der Waals surface area contributed by atoms with Crippen molar-refractivity contribution in [3.63, 3.8) is 0 Å². The molecule has 1 saturated heterocycles. The predicted molar refractivity (Wildman–Crippen MR) is 105 cm³/mol. The molecule has 1 amide bonds. The minimum atomic E-state index is -1.09. The Hall–Kier alpha value is -3.41. The Morgan fingerprint density at radius 1 is 1.32 bits per heavy atom. The first-order chi connectivity index (χ1) is 13.5. The molecule has 5 N–H and O–H groups in total. The number of aliphatic imine (C=N–C) groups is 1. The lowest BCUT2D eigenvalue weighted by Gasteiger charge is -2.36. The molecule has 0 aromatic heterocycles. The molecule has 1 heterocycles. The normalized spacial score (nSPS) is 22.2. The van der Waals surface area contributed by atoms with Gasteiger partial charge < -0.3 is 16.2 Å². The summed E-state index contributed by atoms with van der Waals surface area (Å²) in [4.78, 5) is 15.2. The number of hydrogen-bond donors (Lipinski definition) is 4. The smallest absolute Gasteiger partial charge is 0.404 e. The Morgan fingerprint density at radius 3 is 2.82 bits per heavy atom. The van der Waals surface area contributed by atoms with Crippen molar-refractivity contribution in [2.45, 2.75) is 12.6 Å². The number of benzene rings is 2. The van der Waals surface area contributed by atoms with Crippen LogP contribution in [0.5, 0.6) is 0 Å². The first-order valence-electron chi connectivity index (χ1n) is 9.00. The van der Waals surface area contributed by atoms with E-state index in [1.165, 1.54) is 0 Å². The number of nitriles is 1. The summed E-state index contributed by atoms with van der Waals surface area (Å²) in [5.74, 6) is 0.230. The van der Waals surface area contributed by atoms with Crippen LogP contribution in [0, 0.1) is 11.5 Å². The molecule has 1 aliphatic rings. The Kier molecular flexibility index (Phi) is 5.89. The molecule has 1 fully saturated rings. The minimum Gasteiger partial charge on any atom is -0.465 e. The number of quaternary nitrogens is 1. The van der Waals surface area contributed by atoms with Crippen molar-refractivity contribution in [1.82, 2.24) is 10.6 Å². The van der Waals surface area contributed by atoms with E-state index in [1.807, 2.05) is 30.3 Å². The number of piperazine rings is 1. The molecule has 0 saturated carbocycles.